The Kier molecular flexibility index (Phi) is 12.1. The van der Waals surface area contributed by atoms with Crippen molar-refractivity contribution in [2.24, 2.45) is 0 Å². The minimum Gasteiger partial charge on any atom is -0.395 e. The van der Waals surface area contributed by atoms with Gasteiger partial charge in [0.15, 0.2) is 0 Å². The summed E-state index contributed by atoms with van der Waals surface area (Å²) in [7, 11) is 0. The van der Waals surface area contributed by atoms with Crippen LogP contribution in [0.2, 0.25) is 5.02 Å². The number of aliphatic hydroxyl groups is 3. The molecule has 2 amide bonds. The van der Waals surface area contributed by atoms with E-state index in [9.17, 15) is 19.8 Å². The Morgan fingerprint density at radius 1 is 0.875 bits per heavy atom. The first-order chi connectivity index (χ1) is 23.3. The van der Waals surface area contributed by atoms with E-state index in [0.717, 1.165) is 40.2 Å². The molecule has 0 bridgehead atoms. The number of pyridine rings is 2. The Morgan fingerprint density at radius 3 is 2.33 bits per heavy atom. The molecule has 1 aliphatic rings. The molecule has 0 saturated heterocycles. The summed E-state index contributed by atoms with van der Waals surface area (Å²) in [5, 5.41) is 40.2. The van der Waals surface area contributed by atoms with Crippen LogP contribution in [0.25, 0.3) is 11.1 Å². The molecule has 7 N–H and O–H groups in total. The minimum absolute atomic E-state index is 0.0328. The van der Waals surface area contributed by atoms with Gasteiger partial charge in [-0.05, 0) is 59.9 Å². The summed E-state index contributed by atoms with van der Waals surface area (Å²) in [6.07, 6.45) is 2.33. The molecule has 252 valence electrons. The van der Waals surface area contributed by atoms with Crippen molar-refractivity contribution in [3.63, 3.8) is 0 Å². The van der Waals surface area contributed by atoms with Crippen LogP contribution in [0.5, 0.6) is 0 Å². The lowest BCUT2D eigenvalue weighted by Gasteiger charge is -2.29. The molecule has 1 aliphatic heterocycles. The van der Waals surface area contributed by atoms with E-state index in [4.69, 9.17) is 16.7 Å². The zero-order valence-electron chi connectivity index (χ0n) is 26.7. The minimum atomic E-state index is -0.441. The Hall–Kier alpha value is -4.43. The Bertz CT molecular complexity index is 1750. The van der Waals surface area contributed by atoms with Gasteiger partial charge in [-0.25, -0.2) is 4.98 Å². The second kappa shape index (κ2) is 16.6. The number of aromatic nitrogens is 2. The average molecular weight is 674 g/mol. The van der Waals surface area contributed by atoms with Crippen LogP contribution in [0.3, 0.4) is 0 Å². The lowest BCUT2D eigenvalue weighted by Crippen LogP contribution is -2.34. The Balaban J connectivity index is 1.35. The van der Waals surface area contributed by atoms with E-state index >= 15 is 0 Å². The smallest absolute Gasteiger partial charge is 0.274 e. The number of anilines is 3. The summed E-state index contributed by atoms with van der Waals surface area (Å²) in [6, 6.07) is 16.0. The Labute approximate surface area is 284 Å². The number of benzene rings is 2. The van der Waals surface area contributed by atoms with Crippen molar-refractivity contribution in [1.82, 2.24) is 20.2 Å². The monoisotopic (exact) mass is 673 g/mol. The summed E-state index contributed by atoms with van der Waals surface area (Å²) >= 11 is 6.91. The van der Waals surface area contributed by atoms with Gasteiger partial charge in [-0.1, -0.05) is 41.9 Å². The van der Waals surface area contributed by atoms with Crippen LogP contribution < -0.4 is 21.3 Å². The molecule has 5 rings (SSSR count). The topological polar surface area (TPSA) is 172 Å². The van der Waals surface area contributed by atoms with E-state index in [1.165, 1.54) is 0 Å². The fourth-order valence-electron chi connectivity index (χ4n) is 5.64. The van der Waals surface area contributed by atoms with Crippen LogP contribution in [0.15, 0.2) is 60.8 Å². The summed E-state index contributed by atoms with van der Waals surface area (Å²) in [4.78, 5) is 37.7. The van der Waals surface area contributed by atoms with Gasteiger partial charge in [0.2, 0.25) is 0 Å². The van der Waals surface area contributed by atoms with E-state index in [2.05, 4.69) is 36.1 Å². The molecular formula is C35H40ClN7O5. The number of nitrogens with zero attached hydrogens (tertiary/aromatic N) is 3. The number of aliphatic hydroxyl groups excluding tert-OH is 3. The normalized spacial score (nSPS) is 12.8. The molecule has 0 fully saturated rings. The van der Waals surface area contributed by atoms with Crippen molar-refractivity contribution in [2.75, 3.05) is 62.0 Å². The van der Waals surface area contributed by atoms with Crippen molar-refractivity contribution in [2.45, 2.75) is 26.4 Å². The van der Waals surface area contributed by atoms with Gasteiger partial charge in [0.25, 0.3) is 11.8 Å². The van der Waals surface area contributed by atoms with E-state index in [1.807, 2.05) is 31.2 Å². The molecule has 0 aliphatic carbocycles. The highest BCUT2D eigenvalue weighted by atomic mass is 35.5. The molecule has 3 heterocycles. The molecule has 12 nitrogen and oxygen atoms in total. The lowest BCUT2D eigenvalue weighted by molar-refractivity contribution is 0.101. The van der Waals surface area contributed by atoms with Gasteiger partial charge in [0, 0.05) is 62.4 Å². The number of hydrogen-bond acceptors (Lipinski definition) is 10. The van der Waals surface area contributed by atoms with E-state index in [1.54, 1.807) is 36.5 Å². The van der Waals surface area contributed by atoms with Crippen molar-refractivity contribution in [3.8, 4) is 11.1 Å². The van der Waals surface area contributed by atoms with Crippen LogP contribution in [0, 0.1) is 6.92 Å². The fraction of sp³-hybridized carbons (Fsp3) is 0.314. The van der Waals surface area contributed by atoms with Crippen molar-refractivity contribution in [1.29, 1.82) is 0 Å². The molecule has 2 aromatic heterocycles. The average Bonchev–Trinajstić information content (AvgIpc) is 3.09. The largest absolute Gasteiger partial charge is 0.395 e. The van der Waals surface area contributed by atoms with Crippen LogP contribution >= 0.6 is 11.6 Å². The number of carbonyl (C=O) groups is 2. The zero-order chi connectivity index (χ0) is 34.0. The van der Waals surface area contributed by atoms with E-state index < -0.39 is 5.91 Å². The number of halogens is 1. The van der Waals surface area contributed by atoms with Crippen LogP contribution in [-0.2, 0) is 19.5 Å². The predicted molar refractivity (Wildman–Crippen MR) is 186 cm³/mol. The van der Waals surface area contributed by atoms with Crippen molar-refractivity contribution >= 4 is 40.5 Å². The molecule has 4 aromatic rings. The fourth-order valence-corrected chi connectivity index (χ4v) is 5.91. The molecule has 2 aromatic carbocycles. The number of hydrogen-bond donors (Lipinski definition) is 7. The molecule has 0 atom stereocenters. The summed E-state index contributed by atoms with van der Waals surface area (Å²) in [5.74, 6) is -0.800. The van der Waals surface area contributed by atoms with Crippen LogP contribution in [0.1, 0.15) is 43.4 Å². The van der Waals surface area contributed by atoms with E-state index in [0.29, 0.717) is 61.1 Å². The maximum absolute atomic E-state index is 13.6. The highest BCUT2D eigenvalue weighted by molar-refractivity contribution is 6.36. The standard InChI is InChI=1S/C35H40ClN7O5/c1-22-24(4-2-6-27(22)41-34(47)29-9-8-23(20-39-29)19-37-11-15-44)25-5-3-7-28(33(25)36)42-35(48)31-18-30(38-12-16-45)26-10-13-43(14-17-46)21-32(26)40-31/h2-9,18,20,37,44-46H,10-17,19,21H2,1H3,(H,38,40)(H,41,47)(H,42,48). The second-order valence-electron chi connectivity index (χ2n) is 11.4. The summed E-state index contributed by atoms with van der Waals surface area (Å²) < 4.78 is 0. The molecule has 0 unspecified atom stereocenters. The zero-order valence-corrected chi connectivity index (χ0v) is 27.5. The molecule has 0 radical (unpaired) electrons. The van der Waals surface area contributed by atoms with Crippen molar-refractivity contribution in [3.05, 3.63) is 99.6 Å². The van der Waals surface area contributed by atoms with Gasteiger partial charge >= 0.3 is 0 Å². The van der Waals surface area contributed by atoms with Gasteiger partial charge in [-0.15, -0.1) is 0 Å². The van der Waals surface area contributed by atoms with Gasteiger partial charge < -0.3 is 36.6 Å². The Morgan fingerprint density at radius 2 is 1.60 bits per heavy atom. The van der Waals surface area contributed by atoms with Gasteiger partial charge in [0.1, 0.15) is 11.4 Å². The lowest BCUT2D eigenvalue weighted by atomic mass is 9.98. The first kappa shape index (κ1) is 34.9. The molecular weight excluding hydrogens is 634 g/mol. The maximum atomic E-state index is 13.6. The summed E-state index contributed by atoms with van der Waals surface area (Å²) in [5.41, 5.74) is 7.07. The number of β-amino-alcohol motifs (C(OH)–C–C–N with tert-alkyl or cyclic N) is 1. The van der Waals surface area contributed by atoms with Gasteiger partial charge in [-0.2, -0.15) is 0 Å². The number of rotatable bonds is 14. The first-order valence-electron chi connectivity index (χ1n) is 15.8. The first-order valence-corrected chi connectivity index (χ1v) is 16.2. The third kappa shape index (κ3) is 8.34. The molecule has 48 heavy (non-hydrogen) atoms. The van der Waals surface area contributed by atoms with Crippen molar-refractivity contribution < 1.29 is 24.9 Å². The molecule has 0 spiro atoms. The van der Waals surface area contributed by atoms with Gasteiger partial charge in [-0.3, -0.25) is 19.5 Å². The highest BCUT2D eigenvalue weighted by Gasteiger charge is 2.24. The quantitative estimate of drug-likeness (QED) is 0.0984. The van der Waals surface area contributed by atoms with Crippen LogP contribution in [0.4, 0.5) is 17.1 Å². The van der Waals surface area contributed by atoms with Gasteiger partial charge in [0.05, 0.1) is 36.2 Å². The number of fused-ring (bicyclic) bond motifs is 1. The van der Waals surface area contributed by atoms with Crippen LogP contribution in [-0.4, -0.2) is 88.0 Å². The third-order valence-corrected chi connectivity index (χ3v) is 8.54. The number of carbonyl (C=O) groups excluding carboxylic acids is 2. The number of nitrogens with one attached hydrogen (secondary N) is 4. The van der Waals surface area contributed by atoms with E-state index in [-0.39, 0.29) is 37.1 Å². The second-order valence-corrected chi connectivity index (χ2v) is 11.8. The highest BCUT2D eigenvalue weighted by Crippen LogP contribution is 2.38. The number of amides is 2. The maximum Gasteiger partial charge on any atom is 0.274 e. The SMILES string of the molecule is Cc1c(NC(=O)c2ccc(CNCCO)cn2)cccc1-c1cccc(NC(=O)c2cc(NCCO)c3c(n2)CN(CCO)CC3)c1Cl. The molecule has 0 saturated carbocycles. The summed E-state index contributed by atoms with van der Waals surface area (Å²) in [6.45, 7) is 5.01. The molecule has 13 heteroatoms. The predicted octanol–water partition coefficient (Wildman–Crippen LogP) is 3.45. The third-order valence-electron chi connectivity index (χ3n) is 8.13.